The fourth-order valence-electron chi connectivity index (χ4n) is 3.96. The highest BCUT2D eigenvalue weighted by Gasteiger charge is 2.37. The number of hydrogen-bond acceptors (Lipinski definition) is 6. The largest absolute Gasteiger partial charge is 0.373 e. The maximum atomic E-state index is 14.3. The van der Waals surface area contributed by atoms with Crippen molar-refractivity contribution in [2.75, 3.05) is 25.6 Å². The average molecular weight is 547 g/mol. The summed E-state index contributed by atoms with van der Waals surface area (Å²) in [6, 6.07) is 0.518. The van der Waals surface area contributed by atoms with Crippen molar-refractivity contribution >= 4 is 33.6 Å². The standard InChI is InChI=1S/C20H22BrF3N6O4/c1-10-5-14-12(7-29(10)20(32)26-13-3-4-25-18(21)16(13)24)17-19(31)28(2)34-11(6-30(17)27-14)8-33-9-15(22)23/h3-4,10-11,15H,5-9H2,1-2H3,(H,25,26,32)/t10-,11-/m1/s1. The molecule has 34 heavy (non-hydrogen) atoms. The molecule has 2 aromatic heterocycles. The first-order valence-electron chi connectivity index (χ1n) is 10.4. The van der Waals surface area contributed by atoms with Crippen LogP contribution in [0.2, 0.25) is 0 Å². The van der Waals surface area contributed by atoms with Crippen LogP contribution in [-0.4, -0.2) is 75.5 Å². The van der Waals surface area contributed by atoms with Crippen LogP contribution >= 0.6 is 15.9 Å². The number of hydroxylamine groups is 2. The molecule has 184 valence electrons. The molecular weight excluding hydrogens is 525 g/mol. The molecule has 10 nitrogen and oxygen atoms in total. The maximum Gasteiger partial charge on any atom is 0.322 e. The molecule has 4 rings (SSSR count). The Hall–Kier alpha value is -2.71. The lowest BCUT2D eigenvalue weighted by atomic mass is 9.99. The smallest absolute Gasteiger partial charge is 0.322 e. The normalized spacial score (nSPS) is 20.3. The number of aromatic nitrogens is 3. The van der Waals surface area contributed by atoms with Crippen LogP contribution in [0.5, 0.6) is 0 Å². The molecule has 0 saturated heterocycles. The van der Waals surface area contributed by atoms with Crippen LogP contribution in [0.1, 0.15) is 28.7 Å². The van der Waals surface area contributed by atoms with Gasteiger partial charge in [0.05, 0.1) is 31.1 Å². The number of carbonyl (C=O) groups is 2. The summed E-state index contributed by atoms with van der Waals surface area (Å²) in [5, 5.41) is 8.10. The Morgan fingerprint density at radius 2 is 2.21 bits per heavy atom. The third-order valence-corrected chi connectivity index (χ3v) is 6.10. The predicted molar refractivity (Wildman–Crippen MR) is 116 cm³/mol. The molecule has 14 heteroatoms. The van der Waals surface area contributed by atoms with Gasteiger partial charge in [-0.3, -0.25) is 14.3 Å². The van der Waals surface area contributed by atoms with Gasteiger partial charge in [-0.15, -0.1) is 0 Å². The molecular formula is C20H22BrF3N6O4. The number of hydrogen-bond donors (Lipinski definition) is 1. The fourth-order valence-corrected chi connectivity index (χ4v) is 4.29. The van der Waals surface area contributed by atoms with Gasteiger partial charge < -0.3 is 15.0 Å². The summed E-state index contributed by atoms with van der Waals surface area (Å²) in [7, 11) is 1.41. The lowest BCUT2D eigenvalue weighted by molar-refractivity contribution is -0.169. The lowest BCUT2D eigenvalue weighted by Crippen LogP contribution is -2.45. The summed E-state index contributed by atoms with van der Waals surface area (Å²) in [5.41, 5.74) is 1.42. The van der Waals surface area contributed by atoms with Gasteiger partial charge >= 0.3 is 6.03 Å². The number of urea groups is 1. The minimum atomic E-state index is -2.61. The minimum absolute atomic E-state index is 0.0260. The van der Waals surface area contributed by atoms with E-state index < -0.39 is 36.9 Å². The number of fused-ring (bicyclic) bond motifs is 3. The molecule has 0 unspecified atom stereocenters. The number of nitrogens with zero attached hydrogens (tertiary/aromatic N) is 5. The Bertz CT molecular complexity index is 1100. The van der Waals surface area contributed by atoms with Crippen molar-refractivity contribution in [2.24, 2.45) is 0 Å². The minimum Gasteiger partial charge on any atom is -0.373 e. The van der Waals surface area contributed by atoms with Gasteiger partial charge in [0.15, 0.2) is 5.82 Å². The Morgan fingerprint density at radius 1 is 1.44 bits per heavy atom. The topological polar surface area (TPSA) is 102 Å². The van der Waals surface area contributed by atoms with E-state index in [4.69, 9.17) is 9.57 Å². The maximum absolute atomic E-state index is 14.3. The van der Waals surface area contributed by atoms with Crippen molar-refractivity contribution < 1.29 is 32.3 Å². The lowest BCUT2D eigenvalue weighted by Gasteiger charge is -2.33. The van der Waals surface area contributed by atoms with Gasteiger partial charge in [-0.05, 0) is 28.9 Å². The number of alkyl halides is 2. The van der Waals surface area contributed by atoms with Gasteiger partial charge in [0, 0.05) is 31.3 Å². The molecule has 0 aliphatic carbocycles. The van der Waals surface area contributed by atoms with E-state index in [0.29, 0.717) is 17.7 Å². The number of ether oxygens (including phenoxy) is 1. The van der Waals surface area contributed by atoms with Crippen molar-refractivity contribution in [1.82, 2.24) is 24.7 Å². The summed E-state index contributed by atoms with van der Waals surface area (Å²) in [4.78, 5) is 36.8. The molecule has 0 radical (unpaired) electrons. The van der Waals surface area contributed by atoms with Gasteiger partial charge in [0.25, 0.3) is 12.3 Å². The van der Waals surface area contributed by atoms with Crippen LogP contribution in [-0.2, 0) is 29.1 Å². The zero-order valence-corrected chi connectivity index (χ0v) is 19.9. The second kappa shape index (κ2) is 9.88. The highest BCUT2D eigenvalue weighted by atomic mass is 79.9. The van der Waals surface area contributed by atoms with Gasteiger partial charge in [-0.25, -0.2) is 28.0 Å². The van der Waals surface area contributed by atoms with Crippen molar-refractivity contribution in [2.45, 2.75) is 45.0 Å². The van der Waals surface area contributed by atoms with Crippen LogP contribution in [0.3, 0.4) is 0 Å². The fraction of sp³-hybridized carbons (Fsp3) is 0.500. The number of pyridine rings is 1. The monoisotopic (exact) mass is 546 g/mol. The summed E-state index contributed by atoms with van der Waals surface area (Å²) in [6.07, 6.45) is -1.60. The number of nitrogens with one attached hydrogen (secondary N) is 1. The van der Waals surface area contributed by atoms with E-state index in [1.54, 1.807) is 0 Å². The van der Waals surface area contributed by atoms with E-state index >= 15 is 0 Å². The molecule has 0 spiro atoms. The molecule has 2 aliphatic rings. The first-order valence-corrected chi connectivity index (χ1v) is 11.2. The predicted octanol–water partition coefficient (Wildman–Crippen LogP) is 2.83. The van der Waals surface area contributed by atoms with Crippen molar-refractivity contribution in [3.63, 3.8) is 0 Å². The first-order chi connectivity index (χ1) is 16.2. The van der Waals surface area contributed by atoms with E-state index in [2.05, 4.69) is 31.3 Å². The van der Waals surface area contributed by atoms with Crippen molar-refractivity contribution in [1.29, 1.82) is 0 Å². The first kappa shape index (κ1) is 24.4. The van der Waals surface area contributed by atoms with Crippen molar-refractivity contribution in [3.8, 4) is 0 Å². The Labute approximate surface area is 201 Å². The zero-order chi connectivity index (χ0) is 24.6. The van der Waals surface area contributed by atoms with E-state index in [1.807, 2.05) is 6.92 Å². The molecule has 4 heterocycles. The van der Waals surface area contributed by atoms with Crippen LogP contribution in [0, 0.1) is 5.82 Å². The molecule has 3 amide bonds. The number of halogens is 4. The van der Waals surface area contributed by atoms with Crippen LogP contribution < -0.4 is 5.32 Å². The van der Waals surface area contributed by atoms with Crippen molar-refractivity contribution in [3.05, 3.63) is 39.6 Å². The van der Waals surface area contributed by atoms with Crippen LogP contribution in [0.4, 0.5) is 23.7 Å². The van der Waals surface area contributed by atoms with E-state index in [9.17, 15) is 22.8 Å². The van der Waals surface area contributed by atoms with Gasteiger partial charge in [0.1, 0.15) is 23.0 Å². The quantitative estimate of drug-likeness (QED) is 0.578. The molecule has 0 saturated carbocycles. The molecule has 0 fully saturated rings. The number of carbonyl (C=O) groups excluding carboxylic acids is 2. The third-order valence-electron chi connectivity index (χ3n) is 5.55. The van der Waals surface area contributed by atoms with E-state index in [-0.39, 0.29) is 41.7 Å². The highest BCUT2D eigenvalue weighted by molar-refractivity contribution is 9.10. The number of anilines is 1. The number of rotatable bonds is 5. The Morgan fingerprint density at radius 3 is 2.94 bits per heavy atom. The van der Waals surface area contributed by atoms with Crippen LogP contribution in [0.15, 0.2) is 16.9 Å². The highest BCUT2D eigenvalue weighted by Crippen LogP contribution is 2.30. The third kappa shape index (κ3) is 4.88. The summed E-state index contributed by atoms with van der Waals surface area (Å²) < 4.78 is 45.5. The molecule has 1 N–H and O–H groups in total. The SMILES string of the molecule is C[C@@H]1Cc2nn3c(c2CN1C(=O)Nc1ccnc(Br)c1F)C(=O)N(C)O[C@@H](COCC(F)F)C3. The van der Waals surface area contributed by atoms with Gasteiger partial charge in [0.2, 0.25) is 0 Å². The zero-order valence-electron chi connectivity index (χ0n) is 18.3. The second-order valence-corrected chi connectivity index (χ2v) is 8.74. The average Bonchev–Trinajstić information content (AvgIpc) is 3.06. The van der Waals surface area contributed by atoms with Crippen LogP contribution in [0.25, 0.3) is 0 Å². The summed E-state index contributed by atoms with van der Waals surface area (Å²) in [6.45, 7) is 1.11. The van der Waals surface area contributed by atoms with E-state index in [0.717, 1.165) is 5.06 Å². The van der Waals surface area contributed by atoms with Gasteiger partial charge in [-0.2, -0.15) is 5.10 Å². The van der Waals surface area contributed by atoms with E-state index in [1.165, 1.54) is 28.9 Å². The molecule has 0 bridgehead atoms. The Balaban J connectivity index is 1.56. The molecule has 2 aromatic rings. The number of amides is 3. The molecule has 2 atom stereocenters. The molecule has 0 aromatic carbocycles. The summed E-state index contributed by atoms with van der Waals surface area (Å²) in [5.74, 6) is -1.18. The second-order valence-electron chi connectivity index (χ2n) is 7.99. The Kier molecular flexibility index (Phi) is 7.09. The summed E-state index contributed by atoms with van der Waals surface area (Å²) >= 11 is 2.99. The van der Waals surface area contributed by atoms with Gasteiger partial charge in [-0.1, -0.05) is 0 Å². The molecule has 2 aliphatic heterocycles.